The Morgan fingerprint density at radius 1 is 1.19 bits per heavy atom. The van der Waals surface area contributed by atoms with Crippen LogP contribution in [0, 0.1) is 6.92 Å². The van der Waals surface area contributed by atoms with Crippen molar-refractivity contribution in [1.82, 2.24) is 0 Å². The van der Waals surface area contributed by atoms with Gasteiger partial charge in [0.2, 0.25) is 0 Å². The summed E-state index contributed by atoms with van der Waals surface area (Å²) in [5.41, 5.74) is 3.47. The van der Waals surface area contributed by atoms with Crippen molar-refractivity contribution in [2.24, 2.45) is 0 Å². The van der Waals surface area contributed by atoms with E-state index < -0.39 is 0 Å². The summed E-state index contributed by atoms with van der Waals surface area (Å²) < 4.78 is 0. The Balaban J connectivity index is 2.86. The fourth-order valence-corrected chi connectivity index (χ4v) is 2.05. The van der Waals surface area contributed by atoms with Crippen LogP contribution in [0.2, 0.25) is 0 Å². The van der Waals surface area contributed by atoms with E-state index in [0.717, 1.165) is 17.5 Å². The predicted molar refractivity (Wildman–Crippen MR) is 70.2 cm³/mol. The average molecular weight is 220 g/mol. The maximum Gasteiger partial charge on any atom is 0.121 e. The van der Waals surface area contributed by atoms with Gasteiger partial charge in [0.05, 0.1) is 0 Å². The SMILES string of the molecule is CCCCCc1cc(C)c(O)c(C(C)C)c1. The molecule has 16 heavy (non-hydrogen) atoms. The van der Waals surface area contributed by atoms with Gasteiger partial charge < -0.3 is 5.11 Å². The molecule has 90 valence electrons. The first-order valence-corrected chi connectivity index (χ1v) is 6.38. The van der Waals surface area contributed by atoms with Gasteiger partial charge in [0.15, 0.2) is 0 Å². The molecule has 1 heteroatoms. The van der Waals surface area contributed by atoms with E-state index in [1.165, 1.54) is 24.8 Å². The Bertz CT molecular complexity index is 340. The second kappa shape index (κ2) is 5.93. The third-order valence-electron chi connectivity index (χ3n) is 3.08. The zero-order chi connectivity index (χ0) is 12.1. The average Bonchev–Trinajstić information content (AvgIpc) is 2.23. The Hall–Kier alpha value is -0.980. The Morgan fingerprint density at radius 3 is 2.44 bits per heavy atom. The Morgan fingerprint density at radius 2 is 1.88 bits per heavy atom. The van der Waals surface area contributed by atoms with E-state index >= 15 is 0 Å². The van der Waals surface area contributed by atoms with Gasteiger partial charge in [-0.3, -0.25) is 0 Å². The largest absolute Gasteiger partial charge is 0.507 e. The molecule has 1 aromatic rings. The number of rotatable bonds is 5. The molecule has 0 aliphatic carbocycles. The molecular weight excluding hydrogens is 196 g/mol. The number of hydrogen-bond donors (Lipinski definition) is 1. The maximum atomic E-state index is 9.96. The second-order valence-electron chi connectivity index (χ2n) is 4.96. The van der Waals surface area contributed by atoms with Crippen molar-refractivity contribution < 1.29 is 5.11 Å². The summed E-state index contributed by atoms with van der Waals surface area (Å²) in [6.45, 7) is 8.47. The number of phenols is 1. The summed E-state index contributed by atoms with van der Waals surface area (Å²) in [7, 11) is 0. The lowest BCUT2D eigenvalue weighted by atomic mass is 9.94. The molecule has 0 radical (unpaired) electrons. The summed E-state index contributed by atoms with van der Waals surface area (Å²) >= 11 is 0. The Labute approximate surface area is 99.5 Å². The van der Waals surface area contributed by atoms with Crippen LogP contribution in [0.25, 0.3) is 0 Å². The Kier molecular flexibility index (Phi) is 4.85. The van der Waals surface area contributed by atoms with E-state index in [1.807, 2.05) is 6.92 Å². The molecule has 0 amide bonds. The number of aromatic hydroxyl groups is 1. The number of benzene rings is 1. The van der Waals surface area contributed by atoms with Crippen LogP contribution in [0.5, 0.6) is 5.75 Å². The van der Waals surface area contributed by atoms with Crippen molar-refractivity contribution >= 4 is 0 Å². The molecule has 0 fully saturated rings. The van der Waals surface area contributed by atoms with Gasteiger partial charge in [0, 0.05) is 0 Å². The van der Waals surface area contributed by atoms with Gasteiger partial charge in [-0.2, -0.15) is 0 Å². The quantitative estimate of drug-likeness (QED) is 0.721. The van der Waals surface area contributed by atoms with Crippen molar-refractivity contribution in [3.05, 3.63) is 28.8 Å². The van der Waals surface area contributed by atoms with Crippen molar-refractivity contribution in [2.75, 3.05) is 0 Å². The van der Waals surface area contributed by atoms with Gasteiger partial charge in [0.1, 0.15) is 5.75 Å². The lowest BCUT2D eigenvalue weighted by Crippen LogP contribution is -1.95. The molecule has 0 heterocycles. The lowest BCUT2D eigenvalue weighted by Gasteiger charge is -2.13. The van der Waals surface area contributed by atoms with E-state index in [-0.39, 0.29) is 0 Å². The van der Waals surface area contributed by atoms with Gasteiger partial charge >= 0.3 is 0 Å². The minimum atomic E-state index is 0.393. The summed E-state index contributed by atoms with van der Waals surface area (Å²) in [4.78, 5) is 0. The zero-order valence-corrected chi connectivity index (χ0v) is 11.0. The molecule has 0 aliphatic heterocycles. The van der Waals surface area contributed by atoms with Crippen LogP contribution in [0.3, 0.4) is 0 Å². The zero-order valence-electron chi connectivity index (χ0n) is 11.0. The fourth-order valence-electron chi connectivity index (χ4n) is 2.05. The molecule has 0 aromatic heterocycles. The van der Waals surface area contributed by atoms with Gasteiger partial charge in [-0.05, 0) is 42.4 Å². The molecule has 1 aromatic carbocycles. The van der Waals surface area contributed by atoms with Crippen LogP contribution in [-0.4, -0.2) is 5.11 Å². The first-order valence-electron chi connectivity index (χ1n) is 6.38. The molecule has 0 saturated heterocycles. The number of unbranched alkanes of at least 4 members (excludes halogenated alkanes) is 2. The number of phenolic OH excluding ortho intramolecular Hbond substituents is 1. The molecule has 0 unspecified atom stereocenters. The normalized spacial score (nSPS) is 11.1. The highest BCUT2D eigenvalue weighted by molar-refractivity contribution is 5.44. The van der Waals surface area contributed by atoms with Gasteiger partial charge in [-0.1, -0.05) is 45.7 Å². The van der Waals surface area contributed by atoms with E-state index in [2.05, 4.69) is 32.9 Å². The van der Waals surface area contributed by atoms with Crippen LogP contribution >= 0.6 is 0 Å². The summed E-state index contributed by atoms with van der Waals surface area (Å²) in [6.07, 6.45) is 4.93. The molecule has 1 nitrogen and oxygen atoms in total. The van der Waals surface area contributed by atoms with Crippen molar-refractivity contribution in [3.63, 3.8) is 0 Å². The van der Waals surface area contributed by atoms with E-state index in [4.69, 9.17) is 0 Å². The fraction of sp³-hybridized carbons (Fsp3) is 0.600. The highest BCUT2D eigenvalue weighted by Gasteiger charge is 2.09. The first-order chi connectivity index (χ1) is 7.56. The predicted octanol–water partition coefficient (Wildman–Crippen LogP) is 4.56. The topological polar surface area (TPSA) is 20.2 Å². The smallest absolute Gasteiger partial charge is 0.121 e. The summed E-state index contributed by atoms with van der Waals surface area (Å²) in [5.74, 6) is 0.874. The van der Waals surface area contributed by atoms with Crippen molar-refractivity contribution in [1.29, 1.82) is 0 Å². The number of hydrogen-bond acceptors (Lipinski definition) is 1. The van der Waals surface area contributed by atoms with Gasteiger partial charge in [0.25, 0.3) is 0 Å². The molecule has 0 bridgehead atoms. The maximum absolute atomic E-state index is 9.96. The van der Waals surface area contributed by atoms with Crippen LogP contribution in [0.1, 0.15) is 62.6 Å². The van der Waals surface area contributed by atoms with Crippen molar-refractivity contribution in [3.8, 4) is 5.75 Å². The van der Waals surface area contributed by atoms with Crippen molar-refractivity contribution in [2.45, 2.75) is 59.3 Å². The summed E-state index contributed by atoms with van der Waals surface area (Å²) in [6, 6.07) is 4.29. The number of aryl methyl sites for hydroxylation is 2. The van der Waals surface area contributed by atoms with Crippen LogP contribution in [0.4, 0.5) is 0 Å². The van der Waals surface area contributed by atoms with E-state index in [0.29, 0.717) is 11.7 Å². The lowest BCUT2D eigenvalue weighted by molar-refractivity contribution is 0.460. The summed E-state index contributed by atoms with van der Waals surface area (Å²) in [5, 5.41) is 9.96. The molecule has 1 N–H and O–H groups in total. The molecule has 0 spiro atoms. The molecular formula is C15H24O. The minimum absolute atomic E-state index is 0.393. The molecule has 0 saturated carbocycles. The van der Waals surface area contributed by atoms with E-state index in [9.17, 15) is 5.11 Å². The van der Waals surface area contributed by atoms with Crippen LogP contribution < -0.4 is 0 Å². The van der Waals surface area contributed by atoms with Crippen LogP contribution in [0.15, 0.2) is 12.1 Å². The highest BCUT2D eigenvalue weighted by atomic mass is 16.3. The van der Waals surface area contributed by atoms with E-state index in [1.54, 1.807) is 0 Å². The second-order valence-corrected chi connectivity index (χ2v) is 4.96. The van der Waals surface area contributed by atoms with Crippen LogP contribution in [-0.2, 0) is 6.42 Å². The molecule has 0 atom stereocenters. The first kappa shape index (κ1) is 13.1. The highest BCUT2D eigenvalue weighted by Crippen LogP contribution is 2.30. The van der Waals surface area contributed by atoms with Gasteiger partial charge in [-0.15, -0.1) is 0 Å². The van der Waals surface area contributed by atoms with Gasteiger partial charge in [-0.25, -0.2) is 0 Å². The third kappa shape index (κ3) is 3.26. The molecule has 1 rings (SSSR count). The third-order valence-corrected chi connectivity index (χ3v) is 3.08. The minimum Gasteiger partial charge on any atom is -0.507 e. The monoisotopic (exact) mass is 220 g/mol. The molecule has 0 aliphatic rings. The standard InChI is InChI=1S/C15H24O/c1-5-6-7-8-13-9-12(4)15(16)14(10-13)11(2)3/h9-11,16H,5-8H2,1-4H3.